The average Bonchev–Trinajstić information content (AvgIpc) is 2.40. The topological polar surface area (TPSA) is 96.9 Å². The van der Waals surface area contributed by atoms with Gasteiger partial charge in [-0.05, 0) is 31.2 Å². The fourth-order valence-electron chi connectivity index (χ4n) is 1.38. The van der Waals surface area contributed by atoms with Crippen LogP contribution in [0.15, 0.2) is 41.6 Å². The van der Waals surface area contributed by atoms with E-state index in [1.807, 2.05) is 6.92 Å². The molecule has 0 unspecified atom stereocenters. The van der Waals surface area contributed by atoms with Gasteiger partial charge < -0.3 is 5.32 Å². The minimum atomic E-state index is -3.69. The number of pyridine rings is 1. The Labute approximate surface area is 111 Å². The lowest BCUT2D eigenvalue weighted by Crippen LogP contribution is -2.14. The highest BCUT2D eigenvalue weighted by atomic mass is 32.2. The number of nitrogens with zero attached hydrogens (tertiary/aromatic N) is 3. The zero-order valence-corrected chi connectivity index (χ0v) is 11.1. The Morgan fingerprint density at radius 2 is 2.05 bits per heavy atom. The molecule has 7 nitrogen and oxygen atoms in total. The van der Waals surface area contributed by atoms with Crippen LogP contribution in [0.3, 0.4) is 0 Å². The normalized spacial score (nSPS) is 11.0. The lowest BCUT2D eigenvalue weighted by atomic mass is 10.4. The fourth-order valence-corrected chi connectivity index (χ4v) is 2.32. The molecular weight excluding hydrogens is 266 g/mol. The fraction of sp³-hybridized carbons (Fsp3) is 0.182. The highest BCUT2D eigenvalue weighted by Crippen LogP contribution is 2.14. The Balaban J connectivity index is 2.20. The van der Waals surface area contributed by atoms with Crippen LogP contribution in [0.5, 0.6) is 0 Å². The molecule has 0 bridgehead atoms. The van der Waals surface area contributed by atoms with Crippen LogP contribution in [0, 0.1) is 0 Å². The summed E-state index contributed by atoms with van der Waals surface area (Å²) in [6, 6.07) is 6.20. The number of hydrogen-bond donors (Lipinski definition) is 2. The summed E-state index contributed by atoms with van der Waals surface area (Å²) in [5, 5.41) is 10.2. The Morgan fingerprint density at radius 1 is 1.21 bits per heavy atom. The molecular formula is C11H13N5O2S. The van der Waals surface area contributed by atoms with Crippen molar-refractivity contribution >= 4 is 21.7 Å². The van der Waals surface area contributed by atoms with Crippen LogP contribution < -0.4 is 10.0 Å². The van der Waals surface area contributed by atoms with Crippen LogP contribution in [0.25, 0.3) is 0 Å². The molecule has 8 heteroatoms. The highest BCUT2D eigenvalue weighted by molar-refractivity contribution is 7.92. The molecule has 0 fully saturated rings. The number of rotatable bonds is 5. The van der Waals surface area contributed by atoms with Crippen LogP contribution in [-0.4, -0.2) is 30.1 Å². The molecule has 0 aliphatic rings. The Hall–Kier alpha value is -2.22. The lowest BCUT2D eigenvalue weighted by molar-refractivity contribution is 0.600. The van der Waals surface area contributed by atoms with Gasteiger partial charge in [0.1, 0.15) is 10.7 Å². The molecule has 0 saturated heterocycles. The van der Waals surface area contributed by atoms with E-state index in [-0.39, 0.29) is 10.7 Å². The van der Waals surface area contributed by atoms with Crippen LogP contribution in [0.2, 0.25) is 0 Å². The van der Waals surface area contributed by atoms with Gasteiger partial charge in [-0.15, -0.1) is 5.10 Å². The van der Waals surface area contributed by atoms with Crippen molar-refractivity contribution in [2.45, 2.75) is 11.8 Å². The van der Waals surface area contributed by atoms with Gasteiger partial charge in [0.2, 0.25) is 0 Å². The first-order valence-corrected chi connectivity index (χ1v) is 7.10. The maximum atomic E-state index is 12.0. The minimum absolute atomic E-state index is 0.0693. The molecule has 2 aromatic rings. The van der Waals surface area contributed by atoms with E-state index in [4.69, 9.17) is 0 Å². The quantitative estimate of drug-likeness (QED) is 0.850. The Morgan fingerprint density at radius 3 is 2.63 bits per heavy atom. The predicted octanol–water partition coefficient (Wildman–Crippen LogP) is 1.10. The molecule has 2 N–H and O–H groups in total. The molecule has 2 aromatic heterocycles. The van der Waals surface area contributed by atoms with E-state index >= 15 is 0 Å². The molecule has 0 atom stereocenters. The van der Waals surface area contributed by atoms with E-state index in [1.54, 1.807) is 12.1 Å². The van der Waals surface area contributed by atoms with E-state index < -0.39 is 10.0 Å². The van der Waals surface area contributed by atoms with Gasteiger partial charge in [-0.3, -0.25) is 4.72 Å². The number of sulfonamides is 1. The van der Waals surface area contributed by atoms with Gasteiger partial charge in [-0.2, -0.15) is 5.10 Å². The molecule has 0 saturated carbocycles. The lowest BCUT2D eigenvalue weighted by Gasteiger charge is -2.07. The molecule has 0 aliphatic carbocycles. The number of aromatic nitrogens is 3. The van der Waals surface area contributed by atoms with E-state index in [0.29, 0.717) is 5.82 Å². The summed E-state index contributed by atoms with van der Waals surface area (Å²) in [4.78, 5) is 4.08. The van der Waals surface area contributed by atoms with Crippen molar-refractivity contribution in [2.75, 3.05) is 16.6 Å². The van der Waals surface area contributed by atoms with Gasteiger partial charge in [0.25, 0.3) is 10.0 Å². The third kappa shape index (κ3) is 3.38. The maximum absolute atomic E-state index is 12.0. The predicted molar refractivity (Wildman–Crippen MR) is 71.2 cm³/mol. The molecule has 0 aromatic carbocycles. The molecule has 0 aliphatic heterocycles. The molecule has 0 radical (unpaired) electrons. The van der Waals surface area contributed by atoms with Crippen LogP contribution in [0.1, 0.15) is 6.92 Å². The standard InChI is InChI=1S/C11H13N5O2S/c1-2-12-10-6-5-9(8-13-10)19(17,18)16-11-4-3-7-14-15-11/h3-8H,2H2,1H3,(H,12,13)(H,15,16). The van der Waals surface area contributed by atoms with Crippen molar-refractivity contribution in [1.82, 2.24) is 15.2 Å². The van der Waals surface area contributed by atoms with Gasteiger partial charge >= 0.3 is 0 Å². The Kier molecular flexibility index (Phi) is 3.91. The van der Waals surface area contributed by atoms with Crippen molar-refractivity contribution in [2.24, 2.45) is 0 Å². The first kappa shape index (κ1) is 13.2. The first-order chi connectivity index (χ1) is 9.12. The molecule has 2 heterocycles. The molecule has 0 amide bonds. The molecule has 19 heavy (non-hydrogen) atoms. The zero-order valence-electron chi connectivity index (χ0n) is 10.2. The average molecular weight is 279 g/mol. The van der Waals surface area contributed by atoms with Gasteiger partial charge in [0, 0.05) is 18.9 Å². The summed E-state index contributed by atoms with van der Waals surface area (Å²) in [7, 11) is -3.69. The largest absolute Gasteiger partial charge is 0.370 e. The summed E-state index contributed by atoms with van der Waals surface area (Å²) in [6.07, 6.45) is 2.75. The van der Waals surface area contributed by atoms with Crippen LogP contribution in [0.4, 0.5) is 11.6 Å². The maximum Gasteiger partial charge on any atom is 0.264 e. The summed E-state index contributed by atoms with van der Waals surface area (Å²) in [6.45, 7) is 2.65. The van der Waals surface area contributed by atoms with Gasteiger partial charge in [0.05, 0.1) is 0 Å². The monoisotopic (exact) mass is 279 g/mol. The van der Waals surface area contributed by atoms with Crippen molar-refractivity contribution in [3.05, 3.63) is 36.7 Å². The van der Waals surface area contributed by atoms with E-state index in [1.165, 1.54) is 24.5 Å². The van der Waals surface area contributed by atoms with Crippen molar-refractivity contribution < 1.29 is 8.42 Å². The minimum Gasteiger partial charge on any atom is -0.370 e. The number of nitrogens with one attached hydrogen (secondary N) is 2. The molecule has 2 rings (SSSR count). The van der Waals surface area contributed by atoms with E-state index in [0.717, 1.165) is 6.54 Å². The summed E-state index contributed by atoms with van der Waals surface area (Å²) >= 11 is 0. The smallest absolute Gasteiger partial charge is 0.264 e. The van der Waals surface area contributed by atoms with Gasteiger partial charge in [-0.25, -0.2) is 13.4 Å². The third-order valence-corrected chi connectivity index (χ3v) is 3.56. The zero-order chi connectivity index (χ0) is 13.7. The number of anilines is 2. The second kappa shape index (κ2) is 5.61. The second-order valence-corrected chi connectivity index (χ2v) is 5.31. The van der Waals surface area contributed by atoms with Crippen molar-refractivity contribution in [3.63, 3.8) is 0 Å². The van der Waals surface area contributed by atoms with Crippen LogP contribution >= 0.6 is 0 Å². The summed E-state index contributed by atoms with van der Waals surface area (Å²) in [5.41, 5.74) is 0. The van der Waals surface area contributed by atoms with Crippen molar-refractivity contribution in [3.8, 4) is 0 Å². The van der Waals surface area contributed by atoms with E-state index in [9.17, 15) is 8.42 Å². The Bertz CT molecular complexity index is 628. The summed E-state index contributed by atoms with van der Waals surface area (Å²) in [5.74, 6) is 0.791. The van der Waals surface area contributed by atoms with E-state index in [2.05, 4.69) is 25.2 Å². The van der Waals surface area contributed by atoms with Gasteiger partial charge in [0.15, 0.2) is 5.82 Å². The first-order valence-electron chi connectivity index (χ1n) is 5.62. The van der Waals surface area contributed by atoms with Crippen molar-refractivity contribution in [1.29, 1.82) is 0 Å². The molecule has 100 valence electrons. The second-order valence-electron chi connectivity index (χ2n) is 3.62. The van der Waals surface area contributed by atoms with Crippen LogP contribution in [-0.2, 0) is 10.0 Å². The summed E-state index contributed by atoms with van der Waals surface area (Å²) < 4.78 is 26.4. The SMILES string of the molecule is CCNc1ccc(S(=O)(=O)Nc2cccnn2)cn1. The number of hydrogen-bond acceptors (Lipinski definition) is 6. The highest BCUT2D eigenvalue weighted by Gasteiger charge is 2.15. The molecule has 0 spiro atoms. The third-order valence-electron chi connectivity index (χ3n) is 2.22. The van der Waals surface area contributed by atoms with Gasteiger partial charge in [-0.1, -0.05) is 0 Å².